The fourth-order valence-corrected chi connectivity index (χ4v) is 1.25. The van der Waals surface area contributed by atoms with Gasteiger partial charge in [0.2, 0.25) is 0 Å². The monoisotopic (exact) mass is 194 g/mol. The highest BCUT2D eigenvalue weighted by Gasteiger charge is 2.21. The highest BCUT2D eigenvalue weighted by molar-refractivity contribution is 6.31. The Hall–Kier alpha value is -1.55. The zero-order valence-corrected chi connectivity index (χ0v) is 7.08. The molecule has 1 aromatic rings. The van der Waals surface area contributed by atoms with E-state index in [1.807, 2.05) is 0 Å². The Morgan fingerprint density at radius 1 is 1.00 bits per heavy atom. The van der Waals surface area contributed by atoms with Crippen molar-refractivity contribution in [2.75, 3.05) is 0 Å². The molecule has 2 amide bonds. The number of benzene rings is 1. The van der Waals surface area contributed by atoms with Crippen molar-refractivity contribution in [2.45, 2.75) is 0 Å². The molecule has 0 aliphatic carbocycles. The number of amides is 2. The third kappa shape index (κ3) is 1.25. The molecule has 1 aromatic carbocycles. The first kappa shape index (κ1) is 8.07. The maximum absolute atomic E-state index is 11.1. The minimum Gasteiger partial charge on any atom is -0.265 e. The number of carbonyl (C=O) groups is 2. The van der Waals surface area contributed by atoms with Crippen molar-refractivity contribution in [2.24, 2.45) is 10.2 Å². The van der Waals surface area contributed by atoms with E-state index in [1.165, 1.54) is 18.2 Å². The van der Waals surface area contributed by atoms with Gasteiger partial charge in [-0.2, -0.15) is 0 Å². The van der Waals surface area contributed by atoms with E-state index in [0.717, 1.165) is 0 Å². The summed E-state index contributed by atoms with van der Waals surface area (Å²) in [7, 11) is 0. The van der Waals surface area contributed by atoms with Crippen LogP contribution in [0.25, 0.3) is 0 Å². The van der Waals surface area contributed by atoms with E-state index in [9.17, 15) is 9.59 Å². The van der Waals surface area contributed by atoms with Crippen LogP contribution in [0.15, 0.2) is 28.4 Å². The summed E-state index contributed by atoms with van der Waals surface area (Å²) < 4.78 is 0. The predicted octanol–water partition coefficient (Wildman–Crippen LogP) is 2.09. The van der Waals surface area contributed by atoms with Gasteiger partial charge in [0.25, 0.3) is 11.8 Å². The number of rotatable bonds is 0. The molecule has 5 heteroatoms. The number of carbonyl (C=O) groups excluding carboxylic acids is 2. The molecular formula is C8H3ClN2O2. The quantitative estimate of drug-likeness (QED) is 0.635. The summed E-state index contributed by atoms with van der Waals surface area (Å²) in [6.45, 7) is 0. The van der Waals surface area contributed by atoms with E-state index in [-0.39, 0.29) is 11.1 Å². The van der Waals surface area contributed by atoms with Gasteiger partial charge in [0.1, 0.15) is 0 Å². The van der Waals surface area contributed by atoms with Gasteiger partial charge in [0, 0.05) is 5.02 Å². The van der Waals surface area contributed by atoms with Crippen molar-refractivity contribution in [3.63, 3.8) is 0 Å². The van der Waals surface area contributed by atoms with Gasteiger partial charge in [-0.25, -0.2) is 0 Å². The van der Waals surface area contributed by atoms with Gasteiger partial charge in [0.05, 0.1) is 11.1 Å². The standard InChI is InChI=1S/C8H3ClN2O2/c9-4-1-2-5-6(3-4)8(13)11-10-7(5)12/h1-3H. The second-order valence-electron chi connectivity index (χ2n) is 2.50. The zero-order valence-electron chi connectivity index (χ0n) is 6.32. The van der Waals surface area contributed by atoms with Crippen LogP contribution in [-0.2, 0) is 0 Å². The number of fused-ring (bicyclic) bond motifs is 1. The lowest BCUT2D eigenvalue weighted by molar-refractivity contribution is 0.0920. The third-order valence-corrected chi connectivity index (χ3v) is 1.91. The molecule has 0 fully saturated rings. The summed E-state index contributed by atoms with van der Waals surface area (Å²) in [5.41, 5.74) is 0.469. The van der Waals surface area contributed by atoms with Gasteiger partial charge in [-0.15, -0.1) is 10.2 Å². The second kappa shape index (κ2) is 2.74. The Morgan fingerprint density at radius 3 is 2.31 bits per heavy atom. The van der Waals surface area contributed by atoms with Crippen molar-refractivity contribution < 1.29 is 9.59 Å². The third-order valence-electron chi connectivity index (χ3n) is 1.67. The van der Waals surface area contributed by atoms with Crippen molar-refractivity contribution in [1.29, 1.82) is 0 Å². The zero-order chi connectivity index (χ0) is 9.42. The second-order valence-corrected chi connectivity index (χ2v) is 2.94. The highest BCUT2D eigenvalue weighted by atomic mass is 35.5. The van der Waals surface area contributed by atoms with E-state index < -0.39 is 11.8 Å². The van der Waals surface area contributed by atoms with Crippen molar-refractivity contribution in [1.82, 2.24) is 0 Å². The van der Waals surface area contributed by atoms with Crippen molar-refractivity contribution >= 4 is 23.4 Å². The highest BCUT2D eigenvalue weighted by Crippen LogP contribution is 2.20. The van der Waals surface area contributed by atoms with Gasteiger partial charge in [-0.3, -0.25) is 9.59 Å². The first-order valence-corrected chi connectivity index (χ1v) is 3.86. The van der Waals surface area contributed by atoms with Gasteiger partial charge in [0.15, 0.2) is 0 Å². The Labute approximate surface area is 78.2 Å². The van der Waals surface area contributed by atoms with Crippen LogP contribution >= 0.6 is 11.6 Å². The molecule has 0 saturated heterocycles. The molecule has 1 aliphatic rings. The topological polar surface area (TPSA) is 58.9 Å². The fraction of sp³-hybridized carbons (Fsp3) is 0. The lowest BCUT2D eigenvalue weighted by atomic mass is 10.1. The predicted molar refractivity (Wildman–Crippen MR) is 45.0 cm³/mol. The van der Waals surface area contributed by atoms with E-state index in [1.54, 1.807) is 0 Å². The largest absolute Gasteiger partial charge is 0.296 e. The van der Waals surface area contributed by atoms with Crippen LogP contribution in [0.4, 0.5) is 0 Å². The Kier molecular flexibility index (Phi) is 1.70. The molecule has 64 valence electrons. The summed E-state index contributed by atoms with van der Waals surface area (Å²) in [5.74, 6) is -1.04. The van der Waals surface area contributed by atoms with Crippen LogP contribution in [0.5, 0.6) is 0 Å². The smallest absolute Gasteiger partial charge is 0.265 e. The van der Waals surface area contributed by atoms with Crippen molar-refractivity contribution in [3.05, 3.63) is 34.3 Å². The minimum atomic E-state index is -0.530. The minimum absolute atomic E-state index is 0.215. The average Bonchev–Trinajstić information content (AvgIpc) is 2.12. The molecule has 0 N–H and O–H groups in total. The molecule has 4 nitrogen and oxygen atoms in total. The maximum atomic E-state index is 11.1. The van der Waals surface area contributed by atoms with Crippen LogP contribution in [0, 0.1) is 0 Å². The Morgan fingerprint density at radius 2 is 1.62 bits per heavy atom. The van der Waals surface area contributed by atoms with E-state index in [0.29, 0.717) is 5.02 Å². The number of nitrogens with zero attached hydrogens (tertiary/aromatic N) is 2. The molecule has 0 unspecified atom stereocenters. The fourth-order valence-electron chi connectivity index (χ4n) is 1.08. The lowest BCUT2D eigenvalue weighted by Gasteiger charge is -2.05. The maximum Gasteiger partial charge on any atom is 0.296 e. The molecule has 2 rings (SSSR count). The molecule has 1 aliphatic heterocycles. The van der Waals surface area contributed by atoms with Gasteiger partial charge < -0.3 is 0 Å². The molecule has 0 bridgehead atoms. The van der Waals surface area contributed by atoms with E-state index in [4.69, 9.17) is 11.6 Å². The number of azo groups is 1. The Balaban J connectivity index is 2.69. The summed E-state index contributed by atoms with van der Waals surface area (Å²) in [5, 5.41) is 6.75. The van der Waals surface area contributed by atoms with Gasteiger partial charge in [-0.1, -0.05) is 11.6 Å². The van der Waals surface area contributed by atoms with Gasteiger partial charge >= 0.3 is 0 Å². The molecule has 0 atom stereocenters. The number of hydrogen-bond donors (Lipinski definition) is 0. The first-order chi connectivity index (χ1) is 6.18. The summed E-state index contributed by atoms with van der Waals surface area (Å²) in [6, 6.07) is 4.41. The molecule has 1 heterocycles. The van der Waals surface area contributed by atoms with Gasteiger partial charge in [-0.05, 0) is 18.2 Å². The molecule has 0 aromatic heterocycles. The van der Waals surface area contributed by atoms with Crippen LogP contribution in [0.3, 0.4) is 0 Å². The molecule has 0 radical (unpaired) electrons. The van der Waals surface area contributed by atoms with Crippen LogP contribution in [0.2, 0.25) is 5.02 Å². The SMILES string of the molecule is O=C1N=NC(=O)c2cc(Cl)ccc21. The van der Waals surface area contributed by atoms with Crippen LogP contribution < -0.4 is 0 Å². The molecule has 0 spiro atoms. The summed E-state index contributed by atoms with van der Waals surface area (Å²) in [4.78, 5) is 22.2. The molecular weight excluding hydrogens is 192 g/mol. The average molecular weight is 195 g/mol. The van der Waals surface area contributed by atoms with Crippen LogP contribution in [-0.4, -0.2) is 11.8 Å². The number of halogens is 1. The normalized spacial score (nSPS) is 14.5. The first-order valence-electron chi connectivity index (χ1n) is 3.48. The van der Waals surface area contributed by atoms with Crippen molar-refractivity contribution in [3.8, 4) is 0 Å². The molecule has 0 saturated carbocycles. The summed E-state index contributed by atoms with van der Waals surface area (Å²) in [6.07, 6.45) is 0. The summed E-state index contributed by atoms with van der Waals surface area (Å²) >= 11 is 5.65. The van der Waals surface area contributed by atoms with Crippen LogP contribution in [0.1, 0.15) is 20.7 Å². The molecule has 13 heavy (non-hydrogen) atoms. The van der Waals surface area contributed by atoms with E-state index in [2.05, 4.69) is 10.2 Å². The van der Waals surface area contributed by atoms with E-state index >= 15 is 0 Å². The number of hydrogen-bond acceptors (Lipinski definition) is 2. The Bertz CT molecular complexity index is 440. The lowest BCUT2D eigenvalue weighted by Crippen LogP contribution is -2.10.